The van der Waals surface area contributed by atoms with Crippen LogP contribution >= 0.6 is 22.9 Å². The van der Waals surface area contributed by atoms with Gasteiger partial charge in [-0.05, 0) is 25.5 Å². The van der Waals surface area contributed by atoms with Crippen LogP contribution in [0.15, 0.2) is 24.4 Å². The second-order valence-electron chi connectivity index (χ2n) is 4.09. The molecule has 0 saturated heterocycles. The van der Waals surface area contributed by atoms with Crippen molar-refractivity contribution in [3.8, 4) is 0 Å². The van der Waals surface area contributed by atoms with Crippen LogP contribution in [0.5, 0.6) is 0 Å². The zero-order valence-electron chi connectivity index (χ0n) is 10.4. The summed E-state index contributed by atoms with van der Waals surface area (Å²) in [7, 11) is 0. The molecule has 0 aliphatic heterocycles. The van der Waals surface area contributed by atoms with Gasteiger partial charge in [0.25, 0.3) is 0 Å². The van der Waals surface area contributed by atoms with Crippen molar-refractivity contribution in [1.82, 2.24) is 4.98 Å². The normalized spacial score (nSPS) is 12.4. The summed E-state index contributed by atoms with van der Waals surface area (Å²) in [4.78, 5) is 5.71. The Morgan fingerprint density at radius 1 is 1.50 bits per heavy atom. The van der Waals surface area contributed by atoms with Crippen LogP contribution in [0.2, 0.25) is 5.02 Å². The summed E-state index contributed by atoms with van der Waals surface area (Å²) in [5.41, 5.74) is 7.36. The van der Waals surface area contributed by atoms with E-state index in [0.717, 1.165) is 17.1 Å². The Labute approximate surface area is 116 Å². The highest BCUT2D eigenvalue weighted by atomic mass is 35.5. The van der Waals surface area contributed by atoms with Crippen molar-refractivity contribution in [2.45, 2.75) is 26.3 Å². The maximum absolute atomic E-state index is 5.99. The molecule has 5 heteroatoms. The number of hydrogen-bond donors (Lipinski definition) is 2. The van der Waals surface area contributed by atoms with E-state index < -0.39 is 0 Å². The van der Waals surface area contributed by atoms with Gasteiger partial charge in [0.2, 0.25) is 0 Å². The number of rotatable bonds is 4. The van der Waals surface area contributed by atoms with Gasteiger partial charge in [0.15, 0.2) is 0 Å². The molecule has 1 heterocycles. The smallest absolute Gasteiger partial charge is 0.115 e. The summed E-state index contributed by atoms with van der Waals surface area (Å²) in [6.07, 6.45) is 2.95. The molecule has 3 nitrogen and oxygen atoms in total. The molecule has 0 amide bonds. The number of benzene rings is 1. The number of anilines is 2. The molecule has 2 aromatic rings. The first-order chi connectivity index (χ1) is 8.61. The molecule has 1 unspecified atom stereocenters. The maximum atomic E-state index is 5.99. The monoisotopic (exact) mass is 281 g/mol. The lowest BCUT2D eigenvalue weighted by Crippen LogP contribution is -2.08. The van der Waals surface area contributed by atoms with E-state index in [9.17, 15) is 0 Å². The van der Waals surface area contributed by atoms with Crippen molar-refractivity contribution in [1.29, 1.82) is 0 Å². The SMILES string of the molecule is CCc1cnc(C(C)Nc2cccc(Cl)c2N)s1. The van der Waals surface area contributed by atoms with Gasteiger partial charge >= 0.3 is 0 Å². The molecular weight excluding hydrogens is 266 g/mol. The fourth-order valence-electron chi connectivity index (χ4n) is 1.64. The quantitative estimate of drug-likeness (QED) is 0.829. The summed E-state index contributed by atoms with van der Waals surface area (Å²) < 4.78 is 0. The summed E-state index contributed by atoms with van der Waals surface area (Å²) in [6.45, 7) is 4.20. The average Bonchev–Trinajstić information content (AvgIpc) is 2.83. The molecule has 0 aliphatic carbocycles. The van der Waals surface area contributed by atoms with Gasteiger partial charge < -0.3 is 11.1 Å². The number of aryl methyl sites for hydroxylation is 1. The number of halogens is 1. The van der Waals surface area contributed by atoms with Gasteiger partial charge in [0.05, 0.1) is 22.4 Å². The summed E-state index contributed by atoms with van der Waals surface area (Å²) in [5.74, 6) is 0. The van der Waals surface area contributed by atoms with Crippen molar-refractivity contribution in [2.24, 2.45) is 0 Å². The number of para-hydroxylation sites is 1. The van der Waals surface area contributed by atoms with E-state index >= 15 is 0 Å². The molecule has 1 aromatic carbocycles. The molecule has 0 bridgehead atoms. The molecule has 2 rings (SSSR count). The lowest BCUT2D eigenvalue weighted by atomic mass is 10.2. The number of nitrogens with one attached hydrogen (secondary N) is 1. The number of nitrogens with two attached hydrogens (primary N) is 1. The molecule has 0 radical (unpaired) electrons. The van der Waals surface area contributed by atoms with Crippen LogP contribution in [0.25, 0.3) is 0 Å². The van der Waals surface area contributed by atoms with Crippen LogP contribution in [0.1, 0.15) is 29.8 Å². The lowest BCUT2D eigenvalue weighted by molar-refractivity contribution is 0.870. The predicted octanol–water partition coefficient (Wildman–Crippen LogP) is 4.11. The van der Waals surface area contributed by atoms with Gasteiger partial charge in [-0.1, -0.05) is 24.6 Å². The van der Waals surface area contributed by atoms with Crippen molar-refractivity contribution in [3.05, 3.63) is 39.3 Å². The minimum absolute atomic E-state index is 0.121. The first-order valence-corrected chi connectivity index (χ1v) is 7.06. The second-order valence-corrected chi connectivity index (χ2v) is 5.64. The molecule has 0 saturated carbocycles. The summed E-state index contributed by atoms with van der Waals surface area (Å²) in [5, 5.41) is 4.97. The Kier molecular flexibility index (Phi) is 4.09. The largest absolute Gasteiger partial charge is 0.396 e. The number of hydrogen-bond acceptors (Lipinski definition) is 4. The summed E-state index contributed by atoms with van der Waals surface area (Å²) >= 11 is 7.71. The number of aromatic nitrogens is 1. The van der Waals surface area contributed by atoms with Crippen molar-refractivity contribution in [2.75, 3.05) is 11.1 Å². The number of nitrogen functional groups attached to an aromatic ring is 1. The molecule has 3 N–H and O–H groups in total. The minimum atomic E-state index is 0.121. The van der Waals surface area contributed by atoms with Crippen molar-refractivity contribution in [3.63, 3.8) is 0 Å². The van der Waals surface area contributed by atoms with E-state index in [1.165, 1.54) is 4.88 Å². The number of nitrogens with zero attached hydrogens (tertiary/aromatic N) is 1. The second kappa shape index (κ2) is 5.59. The first kappa shape index (κ1) is 13.2. The Hall–Kier alpha value is -1.26. The van der Waals surface area contributed by atoms with E-state index in [0.29, 0.717) is 10.7 Å². The van der Waals surface area contributed by atoms with Crippen LogP contribution in [0.3, 0.4) is 0 Å². The van der Waals surface area contributed by atoms with E-state index in [1.807, 2.05) is 18.3 Å². The fourth-order valence-corrected chi connectivity index (χ4v) is 2.68. The molecule has 1 aromatic heterocycles. The van der Waals surface area contributed by atoms with Gasteiger partial charge in [-0.2, -0.15) is 0 Å². The zero-order chi connectivity index (χ0) is 13.1. The van der Waals surface area contributed by atoms with E-state index in [4.69, 9.17) is 17.3 Å². The average molecular weight is 282 g/mol. The topological polar surface area (TPSA) is 50.9 Å². The molecular formula is C13H16ClN3S. The van der Waals surface area contributed by atoms with Crippen LogP contribution in [-0.2, 0) is 6.42 Å². The van der Waals surface area contributed by atoms with Gasteiger partial charge in [-0.3, -0.25) is 0 Å². The Morgan fingerprint density at radius 2 is 2.28 bits per heavy atom. The van der Waals surface area contributed by atoms with Crippen LogP contribution in [-0.4, -0.2) is 4.98 Å². The maximum Gasteiger partial charge on any atom is 0.115 e. The van der Waals surface area contributed by atoms with Crippen LogP contribution in [0.4, 0.5) is 11.4 Å². The lowest BCUT2D eigenvalue weighted by Gasteiger charge is -2.15. The molecule has 0 spiro atoms. The number of thiazole rings is 1. The van der Waals surface area contributed by atoms with E-state index in [1.54, 1.807) is 17.4 Å². The molecule has 18 heavy (non-hydrogen) atoms. The molecule has 0 fully saturated rings. The van der Waals surface area contributed by atoms with Crippen molar-refractivity contribution < 1.29 is 0 Å². The molecule has 1 atom stereocenters. The Balaban J connectivity index is 2.15. The zero-order valence-corrected chi connectivity index (χ0v) is 12.0. The third kappa shape index (κ3) is 2.76. The third-order valence-corrected chi connectivity index (χ3v) is 4.37. The standard InChI is InChI=1S/C13H16ClN3S/c1-3-9-7-16-13(18-9)8(2)17-11-6-4-5-10(14)12(11)15/h4-8,17H,3,15H2,1-2H3. The Bertz CT molecular complexity index is 539. The molecule has 96 valence electrons. The van der Waals surface area contributed by atoms with E-state index in [2.05, 4.69) is 24.1 Å². The van der Waals surface area contributed by atoms with Gasteiger partial charge in [0, 0.05) is 11.1 Å². The van der Waals surface area contributed by atoms with Gasteiger partial charge in [-0.25, -0.2) is 4.98 Å². The minimum Gasteiger partial charge on any atom is -0.396 e. The van der Waals surface area contributed by atoms with Crippen molar-refractivity contribution >= 4 is 34.3 Å². The highest BCUT2D eigenvalue weighted by molar-refractivity contribution is 7.11. The van der Waals surface area contributed by atoms with E-state index in [-0.39, 0.29) is 6.04 Å². The first-order valence-electron chi connectivity index (χ1n) is 5.87. The van der Waals surface area contributed by atoms with Crippen LogP contribution in [0, 0.1) is 0 Å². The van der Waals surface area contributed by atoms with Gasteiger partial charge in [0.1, 0.15) is 5.01 Å². The Morgan fingerprint density at radius 3 is 2.94 bits per heavy atom. The van der Waals surface area contributed by atoms with Gasteiger partial charge in [-0.15, -0.1) is 11.3 Å². The predicted molar refractivity (Wildman–Crippen MR) is 79.4 cm³/mol. The fraction of sp³-hybridized carbons (Fsp3) is 0.308. The highest BCUT2D eigenvalue weighted by Gasteiger charge is 2.12. The molecule has 0 aliphatic rings. The summed E-state index contributed by atoms with van der Waals surface area (Å²) in [6, 6.07) is 5.71. The highest BCUT2D eigenvalue weighted by Crippen LogP contribution is 2.30. The van der Waals surface area contributed by atoms with Crippen LogP contribution < -0.4 is 11.1 Å². The third-order valence-electron chi connectivity index (χ3n) is 2.72.